The van der Waals surface area contributed by atoms with E-state index in [2.05, 4.69) is 15.8 Å². The lowest BCUT2D eigenvalue weighted by Crippen LogP contribution is -2.34. The quantitative estimate of drug-likeness (QED) is 0.454. The maximum absolute atomic E-state index is 12.2. The van der Waals surface area contributed by atoms with Crippen molar-refractivity contribution in [1.82, 2.24) is 10.7 Å². The van der Waals surface area contributed by atoms with Crippen molar-refractivity contribution < 1.29 is 28.5 Å². The molecule has 0 aliphatic carbocycles. The van der Waals surface area contributed by atoms with Crippen LogP contribution in [0.2, 0.25) is 0 Å². The van der Waals surface area contributed by atoms with Crippen molar-refractivity contribution in [2.75, 3.05) is 34.5 Å². The van der Waals surface area contributed by atoms with Gasteiger partial charge in [-0.05, 0) is 48.9 Å². The minimum absolute atomic E-state index is 0.239. The Bertz CT molecular complexity index is 914. The lowest BCUT2D eigenvalue weighted by Gasteiger charge is -2.10. The van der Waals surface area contributed by atoms with E-state index >= 15 is 0 Å². The molecule has 0 aromatic heterocycles. The standard InChI is InChI=1S/C21H25N3O6/c1-5-30-17-8-6-14(10-18(17)28-3)12-23-24-20(25)13-22-21(26)15-7-9-16(27-2)19(11-15)29-4/h6-12H,5,13H2,1-4H3,(H,22,26)(H,24,25). The van der Waals surface area contributed by atoms with Gasteiger partial charge in [0.1, 0.15) is 0 Å². The van der Waals surface area contributed by atoms with E-state index < -0.39 is 11.8 Å². The molecule has 2 amide bonds. The zero-order valence-electron chi connectivity index (χ0n) is 17.4. The summed E-state index contributed by atoms with van der Waals surface area (Å²) in [6.07, 6.45) is 1.46. The molecule has 0 aliphatic heterocycles. The second-order valence-electron chi connectivity index (χ2n) is 5.89. The highest BCUT2D eigenvalue weighted by molar-refractivity contribution is 5.97. The number of carbonyl (C=O) groups is 2. The number of hydrogen-bond acceptors (Lipinski definition) is 7. The second kappa shape index (κ2) is 11.3. The Kier molecular flexibility index (Phi) is 8.49. The van der Waals surface area contributed by atoms with Crippen molar-refractivity contribution in [3.63, 3.8) is 0 Å². The number of nitrogens with zero attached hydrogens (tertiary/aromatic N) is 1. The van der Waals surface area contributed by atoms with E-state index in [1.165, 1.54) is 26.5 Å². The molecule has 30 heavy (non-hydrogen) atoms. The van der Waals surface area contributed by atoms with E-state index in [-0.39, 0.29) is 6.54 Å². The predicted molar refractivity (Wildman–Crippen MR) is 112 cm³/mol. The van der Waals surface area contributed by atoms with Crippen molar-refractivity contribution in [3.8, 4) is 23.0 Å². The molecular weight excluding hydrogens is 390 g/mol. The first-order chi connectivity index (χ1) is 14.5. The highest BCUT2D eigenvalue weighted by Crippen LogP contribution is 2.28. The average molecular weight is 415 g/mol. The topological polar surface area (TPSA) is 107 Å². The van der Waals surface area contributed by atoms with Crippen LogP contribution in [0.25, 0.3) is 0 Å². The van der Waals surface area contributed by atoms with Gasteiger partial charge in [-0.3, -0.25) is 9.59 Å². The summed E-state index contributed by atoms with van der Waals surface area (Å²) in [5.41, 5.74) is 3.41. The molecule has 0 saturated heterocycles. The summed E-state index contributed by atoms with van der Waals surface area (Å²) in [6.45, 7) is 2.17. The summed E-state index contributed by atoms with van der Waals surface area (Å²) in [5.74, 6) is 1.22. The molecule has 0 aliphatic rings. The van der Waals surface area contributed by atoms with Gasteiger partial charge in [0.25, 0.3) is 11.8 Å². The Morgan fingerprint density at radius 3 is 2.27 bits per heavy atom. The maximum Gasteiger partial charge on any atom is 0.259 e. The fourth-order valence-corrected chi connectivity index (χ4v) is 2.50. The second-order valence-corrected chi connectivity index (χ2v) is 5.89. The first kappa shape index (κ1) is 22.5. The fourth-order valence-electron chi connectivity index (χ4n) is 2.50. The van der Waals surface area contributed by atoms with Crippen LogP contribution in [0.4, 0.5) is 0 Å². The summed E-state index contributed by atoms with van der Waals surface area (Å²) < 4.78 is 21.0. The number of nitrogens with one attached hydrogen (secondary N) is 2. The third-order valence-corrected chi connectivity index (χ3v) is 3.95. The molecule has 2 N–H and O–H groups in total. The highest BCUT2D eigenvalue weighted by atomic mass is 16.5. The van der Waals surface area contributed by atoms with Crippen LogP contribution in [0.1, 0.15) is 22.8 Å². The molecule has 0 atom stereocenters. The van der Waals surface area contributed by atoms with Crippen LogP contribution in [0.15, 0.2) is 41.5 Å². The van der Waals surface area contributed by atoms with E-state index in [1.807, 2.05) is 6.92 Å². The summed E-state index contributed by atoms with van der Waals surface area (Å²) in [7, 11) is 4.53. The highest BCUT2D eigenvalue weighted by Gasteiger charge is 2.11. The van der Waals surface area contributed by atoms with E-state index in [4.69, 9.17) is 18.9 Å². The van der Waals surface area contributed by atoms with Gasteiger partial charge in [-0.15, -0.1) is 0 Å². The van der Waals surface area contributed by atoms with Gasteiger partial charge >= 0.3 is 0 Å². The SMILES string of the molecule is CCOc1ccc(C=NNC(=O)CNC(=O)c2ccc(OC)c(OC)c2)cc1OC. The van der Waals surface area contributed by atoms with Crippen LogP contribution in [0.3, 0.4) is 0 Å². The Morgan fingerprint density at radius 1 is 0.933 bits per heavy atom. The van der Waals surface area contributed by atoms with Gasteiger partial charge in [0.2, 0.25) is 0 Å². The van der Waals surface area contributed by atoms with Crippen LogP contribution in [-0.4, -0.2) is 52.5 Å². The third-order valence-electron chi connectivity index (χ3n) is 3.95. The van der Waals surface area contributed by atoms with Gasteiger partial charge in [0.15, 0.2) is 23.0 Å². The number of ether oxygens (including phenoxy) is 4. The Balaban J connectivity index is 1.88. The summed E-state index contributed by atoms with van der Waals surface area (Å²) in [5, 5.41) is 6.40. The number of benzene rings is 2. The molecule has 0 radical (unpaired) electrons. The van der Waals surface area contributed by atoms with E-state index in [0.717, 1.165) is 0 Å². The predicted octanol–water partition coefficient (Wildman–Crippen LogP) is 1.99. The average Bonchev–Trinajstić information content (AvgIpc) is 2.77. The Labute approximate surface area is 175 Å². The molecule has 2 rings (SSSR count). The largest absolute Gasteiger partial charge is 0.493 e. The molecule has 0 saturated carbocycles. The van der Waals surface area contributed by atoms with Crippen molar-refractivity contribution in [2.45, 2.75) is 6.92 Å². The van der Waals surface area contributed by atoms with Crippen LogP contribution in [0, 0.1) is 0 Å². The van der Waals surface area contributed by atoms with E-state index in [0.29, 0.717) is 40.7 Å². The summed E-state index contributed by atoms with van der Waals surface area (Å²) in [6, 6.07) is 10.00. The molecule has 9 nitrogen and oxygen atoms in total. The first-order valence-corrected chi connectivity index (χ1v) is 9.15. The van der Waals surface area contributed by atoms with Crippen molar-refractivity contribution in [1.29, 1.82) is 0 Å². The molecule has 0 fully saturated rings. The number of hydrogen-bond donors (Lipinski definition) is 2. The fraction of sp³-hybridized carbons (Fsp3) is 0.286. The van der Waals surface area contributed by atoms with Crippen LogP contribution < -0.4 is 29.7 Å². The molecule has 0 spiro atoms. The Morgan fingerprint density at radius 2 is 1.60 bits per heavy atom. The molecular formula is C21H25N3O6. The minimum atomic E-state index is -0.474. The molecule has 0 bridgehead atoms. The van der Waals surface area contributed by atoms with Crippen molar-refractivity contribution in [2.24, 2.45) is 5.10 Å². The number of rotatable bonds is 10. The zero-order chi connectivity index (χ0) is 21.9. The Hall–Kier alpha value is -3.75. The number of carbonyl (C=O) groups excluding carboxylic acids is 2. The smallest absolute Gasteiger partial charge is 0.259 e. The van der Waals surface area contributed by atoms with Crippen LogP contribution in [-0.2, 0) is 4.79 Å². The zero-order valence-corrected chi connectivity index (χ0v) is 17.4. The van der Waals surface area contributed by atoms with E-state index in [1.54, 1.807) is 37.4 Å². The minimum Gasteiger partial charge on any atom is -0.493 e. The monoisotopic (exact) mass is 415 g/mol. The summed E-state index contributed by atoms with van der Waals surface area (Å²) >= 11 is 0. The third kappa shape index (κ3) is 6.13. The van der Waals surface area contributed by atoms with Crippen molar-refractivity contribution in [3.05, 3.63) is 47.5 Å². The summed E-state index contributed by atoms with van der Waals surface area (Å²) in [4.78, 5) is 24.1. The molecule has 160 valence electrons. The van der Waals surface area contributed by atoms with Gasteiger partial charge in [-0.2, -0.15) is 5.10 Å². The van der Waals surface area contributed by atoms with Crippen LogP contribution in [0.5, 0.6) is 23.0 Å². The molecule has 2 aromatic rings. The normalized spacial score (nSPS) is 10.4. The lowest BCUT2D eigenvalue weighted by atomic mass is 10.2. The number of methoxy groups -OCH3 is 3. The first-order valence-electron chi connectivity index (χ1n) is 9.15. The van der Waals surface area contributed by atoms with E-state index in [9.17, 15) is 9.59 Å². The van der Waals surface area contributed by atoms with Gasteiger partial charge in [-0.1, -0.05) is 0 Å². The maximum atomic E-state index is 12.2. The molecule has 9 heteroatoms. The van der Waals surface area contributed by atoms with Gasteiger partial charge in [-0.25, -0.2) is 5.43 Å². The number of amides is 2. The van der Waals surface area contributed by atoms with Crippen molar-refractivity contribution >= 4 is 18.0 Å². The van der Waals surface area contributed by atoms with Gasteiger partial charge in [0.05, 0.1) is 40.7 Å². The van der Waals surface area contributed by atoms with Gasteiger partial charge in [0, 0.05) is 5.56 Å². The van der Waals surface area contributed by atoms with Crippen LogP contribution >= 0.6 is 0 Å². The van der Waals surface area contributed by atoms with Gasteiger partial charge < -0.3 is 24.3 Å². The molecule has 0 unspecified atom stereocenters. The molecule has 0 heterocycles. The number of hydrazone groups is 1. The molecule has 2 aromatic carbocycles. The lowest BCUT2D eigenvalue weighted by molar-refractivity contribution is -0.120.